The van der Waals surface area contributed by atoms with E-state index in [0.717, 1.165) is 48.4 Å². The van der Waals surface area contributed by atoms with E-state index < -0.39 is 6.06 Å². The number of benzene rings is 1. The number of pyridine rings is 1. The molecular formula is C23H32I2N2O4Si. The van der Waals surface area contributed by atoms with Crippen LogP contribution in [-0.4, -0.2) is 24.3 Å². The lowest BCUT2D eigenvalue weighted by Gasteiger charge is -2.18. The lowest BCUT2D eigenvalue weighted by Crippen LogP contribution is -2.29. The maximum atomic E-state index is 12.7. The van der Waals surface area contributed by atoms with Gasteiger partial charge in [0.2, 0.25) is 0 Å². The number of nitriles is 1. The number of hydrogen-bond donors (Lipinski definition) is 0. The van der Waals surface area contributed by atoms with Gasteiger partial charge in [0.1, 0.15) is 17.4 Å². The highest BCUT2D eigenvalue weighted by Gasteiger charge is 2.32. The number of aromatic nitrogens is 1. The van der Waals surface area contributed by atoms with E-state index in [9.17, 15) is 10.1 Å². The van der Waals surface area contributed by atoms with Crippen molar-refractivity contribution in [3.8, 4) is 11.8 Å². The molecule has 0 amide bonds. The Morgan fingerprint density at radius 2 is 1.84 bits per heavy atom. The quantitative estimate of drug-likeness (QED) is 0.0961. The third kappa shape index (κ3) is 7.16. The van der Waals surface area contributed by atoms with Crippen molar-refractivity contribution in [3.63, 3.8) is 0 Å². The van der Waals surface area contributed by atoms with Crippen molar-refractivity contribution in [1.82, 2.24) is 4.57 Å². The van der Waals surface area contributed by atoms with Gasteiger partial charge in [-0.1, -0.05) is 45.1 Å². The SMILES string of the molecule is CCCn1c(=O)c(C#N)c(C)c2c(OCCCCCCCC[Si](I)(OC)OI)cccc21. The van der Waals surface area contributed by atoms with E-state index in [1.165, 1.54) is 19.3 Å². The predicted molar refractivity (Wildman–Crippen MR) is 148 cm³/mol. The van der Waals surface area contributed by atoms with Crippen LogP contribution in [-0.2, 0) is 13.7 Å². The van der Waals surface area contributed by atoms with Crippen molar-refractivity contribution in [1.29, 1.82) is 5.26 Å². The van der Waals surface area contributed by atoms with E-state index in [4.69, 9.17) is 11.9 Å². The molecule has 0 aliphatic rings. The number of ether oxygens (including phenoxy) is 1. The number of halogens is 2. The molecule has 176 valence electrons. The van der Waals surface area contributed by atoms with Crippen LogP contribution < -0.4 is 10.3 Å². The molecule has 0 fully saturated rings. The van der Waals surface area contributed by atoms with Crippen LogP contribution in [0.4, 0.5) is 0 Å². The molecule has 0 saturated carbocycles. The highest BCUT2D eigenvalue weighted by molar-refractivity contribution is 14.1. The van der Waals surface area contributed by atoms with Crippen LogP contribution in [0.3, 0.4) is 0 Å². The summed E-state index contributed by atoms with van der Waals surface area (Å²) >= 11 is 4.30. The van der Waals surface area contributed by atoms with Gasteiger partial charge in [-0.15, -0.1) is 0 Å². The standard InChI is InChI=1S/C23H32I2N2O4Si/c1-4-14-27-20-12-11-13-21(22(20)18(2)19(17-26)23(27)28)30-15-9-7-5-6-8-10-16-32(25,29-3)31-24/h11-13H,4-10,14-16H2,1-3H3. The molecule has 2 aromatic rings. The molecule has 0 bridgehead atoms. The molecule has 9 heteroatoms. The first-order chi connectivity index (χ1) is 15.4. The zero-order chi connectivity index (χ0) is 23.6. The fourth-order valence-corrected chi connectivity index (χ4v) is 7.21. The first-order valence-electron chi connectivity index (χ1n) is 11.1. The highest BCUT2D eigenvalue weighted by Crippen LogP contribution is 2.30. The Balaban J connectivity index is 1.91. The number of nitrogens with zero attached hydrogens (tertiary/aromatic N) is 2. The lowest BCUT2D eigenvalue weighted by molar-refractivity contribution is 0.307. The number of rotatable bonds is 14. The van der Waals surface area contributed by atoms with Crippen LogP contribution in [0, 0.1) is 18.3 Å². The summed E-state index contributed by atoms with van der Waals surface area (Å²) in [6.45, 7) is 5.08. The van der Waals surface area contributed by atoms with Crippen molar-refractivity contribution < 1.29 is 11.9 Å². The molecule has 2 rings (SSSR count). The largest absolute Gasteiger partial charge is 0.493 e. The van der Waals surface area contributed by atoms with Gasteiger partial charge >= 0.3 is 6.06 Å². The summed E-state index contributed by atoms with van der Waals surface area (Å²) in [6.07, 6.45) is 7.64. The predicted octanol–water partition coefficient (Wildman–Crippen LogP) is 6.70. The van der Waals surface area contributed by atoms with Gasteiger partial charge in [-0.2, -0.15) is 5.26 Å². The fraction of sp³-hybridized carbons (Fsp3) is 0.565. The summed E-state index contributed by atoms with van der Waals surface area (Å²) in [6, 6.07) is 6.94. The topological polar surface area (TPSA) is 73.5 Å². The van der Waals surface area contributed by atoms with Crippen LogP contribution in [0.2, 0.25) is 6.04 Å². The normalized spacial score (nSPS) is 13.1. The van der Waals surface area contributed by atoms with Gasteiger partial charge in [0.15, 0.2) is 0 Å². The van der Waals surface area contributed by atoms with Crippen LogP contribution in [0.1, 0.15) is 63.0 Å². The summed E-state index contributed by atoms with van der Waals surface area (Å²) in [5.74, 6) is 0.753. The molecule has 1 unspecified atom stereocenters. The van der Waals surface area contributed by atoms with Gasteiger partial charge in [0.05, 0.1) is 35.1 Å². The van der Waals surface area contributed by atoms with E-state index in [-0.39, 0.29) is 11.1 Å². The first kappa shape index (κ1) is 27.6. The monoisotopic (exact) mass is 682 g/mol. The van der Waals surface area contributed by atoms with Crippen molar-refractivity contribution in [2.24, 2.45) is 0 Å². The van der Waals surface area contributed by atoms with Crippen LogP contribution in [0.15, 0.2) is 23.0 Å². The minimum atomic E-state index is -1.97. The molecule has 1 aromatic carbocycles. The van der Waals surface area contributed by atoms with Gasteiger partial charge in [0, 0.05) is 25.1 Å². The Kier molecular flexibility index (Phi) is 12.0. The molecule has 1 heterocycles. The van der Waals surface area contributed by atoms with E-state index in [0.29, 0.717) is 18.7 Å². The second-order valence-corrected chi connectivity index (χ2v) is 16.5. The van der Waals surface area contributed by atoms with Crippen LogP contribution >= 0.6 is 44.8 Å². The number of unbranched alkanes of at least 4 members (excludes halogenated alkanes) is 5. The smallest absolute Gasteiger partial charge is 0.416 e. The summed E-state index contributed by atoms with van der Waals surface area (Å²) in [5, 5.41) is 10.4. The maximum Gasteiger partial charge on any atom is 0.416 e. The second kappa shape index (κ2) is 13.9. The van der Waals surface area contributed by atoms with Crippen LogP contribution in [0.5, 0.6) is 5.75 Å². The highest BCUT2D eigenvalue weighted by atomic mass is 127. The molecule has 0 radical (unpaired) electrons. The van der Waals surface area contributed by atoms with E-state index in [1.807, 2.05) is 55.1 Å². The number of aryl methyl sites for hydroxylation is 2. The number of fused-ring (bicyclic) bond motifs is 1. The summed E-state index contributed by atoms with van der Waals surface area (Å²) in [7, 11) is 1.73. The minimum Gasteiger partial charge on any atom is -0.493 e. The fourth-order valence-electron chi connectivity index (χ4n) is 3.85. The first-order valence-corrected chi connectivity index (χ1v) is 17.2. The molecule has 32 heavy (non-hydrogen) atoms. The molecule has 0 spiro atoms. The van der Waals surface area contributed by atoms with E-state index in [2.05, 4.69) is 27.9 Å². The Morgan fingerprint density at radius 3 is 2.47 bits per heavy atom. The maximum absolute atomic E-state index is 12.7. The Bertz CT molecular complexity index is 987. The summed E-state index contributed by atoms with van der Waals surface area (Å²) in [4.78, 5) is 12.7. The molecule has 1 aromatic heterocycles. The molecule has 0 aliphatic heterocycles. The Labute approximate surface area is 218 Å². The van der Waals surface area contributed by atoms with Crippen molar-refractivity contribution in [2.75, 3.05) is 13.7 Å². The zero-order valence-electron chi connectivity index (χ0n) is 19.1. The Hall–Kier alpha value is -0.683. The average molecular weight is 682 g/mol. The third-order valence-electron chi connectivity index (χ3n) is 5.61. The molecular weight excluding hydrogens is 650 g/mol. The van der Waals surface area contributed by atoms with Crippen molar-refractivity contribution >= 4 is 61.8 Å². The molecule has 0 aliphatic carbocycles. The third-order valence-corrected chi connectivity index (χ3v) is 15.7. The van der Waals surface area contributed by atoms with Crippen molar-refractivity contribution in [3.05, 3.63) is 39.7 Å². The number of hydrogen-bond acceptors (Lipinski definition) is 5. The van der Waals surface area contributed by atoms with Gasteiger partial charge in [-0.05, 0) is 59.3 Å². The summed E-state index contributed by atoms with van der Waals surface area (Å²) in [5.41, 5.74) is 1.54. The lowest BCUT2D eigenvalue weighted by atomic mass is 10.0. The van der Waals surface area contributed by atoms with Gasteiger partial charge in [-0.25, -0.2) is 0 Å². The Morgan fingerprint density at radius 1 is 1.16 bits per heavy atom. The molecule has 0 saturated heterocycles. The second-order valence-electron chi connectivity index (χ2n) is 7.88. The van der Waals surface area contributed by atoms with E-state index >= 15 is 0 Å². The van der Waals surface area contributed by atoms with E-state index in [1.54, 1.807) is 11.7 Å². The molecule has 1 atom stereocenters. The minimum absolute atomic E-state index is 0.210. The van der Waals surface area contributed by atoms with Crippen molar-refractivity contribution in [2.45, 2.75) is 71.4 Å². The van der Waals surface area contributed by atoms with Crippen LogP contribution in [0.25, 0.3) is 10.9 Å². The zero-order valence-corrected chi connectivity index (χ0v) is 24.4. The average Bonchev–Trinajstić information content (AvgIpc) is 2.80. The van der Waals surface area contributed by atoms with Gasteiger partial charge < -0.3 is 16.5 Å². The summed E-state index contributed by atoms with van der Waals surface area (Å²) < 4.78 is 18.8. The molecule has 0 N–H and O–H groups in total. The van der Waals surface area contributed by atoms with Gasteiger partial charge in [0.25, 0.3) is 5.56 Å². The molecule has 6 nitrogen and oxygen atoms in total. The van der Waals surface area contributed by atoms with Gasteiger partial charge in [-0.3, -0.25) is 4.79 Å².